The van der Waals surface area contributed by atoms with Crippen LogP contribution in [0.25, 0.3) is 0 Å². The molecule has 2 aromatic rings. The summed E-state index contributed by atoms with van der Waals surface area (Å²) in [5.41, 5.74) is 1.41. The Balaban J connectivity index is 1.81. The van der Waals surface area contributed by atoms with Gasteiger partial charge < -0.3 is 14.4 Å². The van der Waals surface area contributed by atoms with Crippen molar-refractivity contribution in [1.82, 2.24) is 4.90 Å². The van der Waals surface area contributed by atoms with E-state index < -0.39 is 5.97 Å². The lowest BCUT2D eigenvalue weighted by atomic mass is 10.1. The Morgan fingerprint density at radius 3 is 2.48 bits per heavy atom. The van der Waals surface area contributed by atoms with Gasteiger partial charge in [0.2, 0.25) is 0 Å². The van der Waals surface area contributed by atoms with E-state index in [9.17, 15) is 14.0 Å². The summed E-state index contributed by atoms with van der Waals surface area (Å²) in [5.74, 6) is -0.529. The molecule has 5 nitrogen and oxygen atoms in total. The van der Waals surface area contributed by atoms with Crippen molar-refractivity contribution < 1.29 is 23.5 Å². The second-order valence-corrected chi connectivity index (χ2v) is 6.53. The van der Waals surface area contributed by atoms with Crippen LogP contribution < -0.4 is 4.74 Å². The molecule has 0 bridgehead atoms. The molecule has 0 aliphatic rings. The number of likely N-dealkylation sites (N-methyl/N-ethyl adjacent to an activating group) is 1. The molecular weight excluding hydrogens is 349 g/mol. The van der Waals surface area contributed by atoms with E-state index in [2.05, 4.69) is 0 Å². The van der Waals surface area contributed by atoms with Gasteiger partial charge in [-0.15, -0.1) is 0 Å². The maximum Gasteiger partial charge on any atom is 0.310 e. The molecule has 0 atom stereocenters. The molecule has 144 valence electrons. The average Bonchev–Trinajstić information content (AvgIpc) is 2.59. The van der Waals surface area contributed by atoms with E-state index in [0.717, 1.165) is 5.56 Å². The van der Waals surface area contributed by atoms with Crippen LogP contribution in [0.1, 0.15) is 25.0 Å². The first-order valence-corrected chi connectivity index (χ1v) is 8.73. The molecule has 27 heavy (non-hydrogen) atoms. The molecule has 0 unspecified atom stereocenters. The van der Waals surface area contributed by atoms with Gasteiger partial charge >= 0.3 is 5.97 Å². The van der Waals surface area contributed by atoms with Gasteiger partial charge in [-0.05, 0) is 49.2 Å². The molecule has 0 aliphatic heterocycles. The predicted octanol–water partition coefficient (Wildman–Crippen LogP) is 3.36. The van der Waals surface area contributed by atoms with Gasteiger partial charge in [0.25, 0.3) is 5.91 Å². The molecule has 0 aliphatic carbocycles. The molecule has 0 radical (unpaired) electrons. The highest BCUT2D eigenvalue weighted by Gasteiger charge is 2.13. The number of benzene rings is 2. The Labute approximate surface area is 158 Å². The first-order valence-electron chi connectivity index (χ1n) is 8.73. The third-order valence-corrected chi connectivity index (χ3v) is 3.71. The van der Waals surface area contributed by atoms with Gasteiger partial charge in [-0.2, -0.15) is 0 Å². The van der Waals surface area contributed by atoms with Gasteiger partial charge in [0.15, 0.2) is 6.61 Å². The van der Waals surface area contributed by atoms with Crippen LogP contribution in [0.3, 0.4) is 0 Å². The first-order chi connectivity index (χ1) is 12.8. The quantitative estimate of drug-likeness (QED) is 0.666. The maximum absolute atomic E-state index is 13.2. The SMILES string of the molecule is CC(C)Oc1cccc(CC(=O)OCC(=O)N(C)Cc2cccc(F)c2)c1. The molecule has 0 heterocycles. The Morgan fingerprint density at radius 2 is 1.78 bits per heavy atom. The number of carbonyl (C=O) groups is 2. The zero-order valence-corrected chi connectivity index (χ0v) is 15.8. The van der Waals surface area contributed by atoms with Crippen LogP contribution in [0.2, 0.25) is 0 Å². The zero-order chi connectivity index (χ0) is 19.8. The zero-order valence-electron chi connectivity index (χ0n) is 15.8. The van der Waals surface area contributed by atoms with Gasteiger partial charge in [-0.25, -0.2) is 4.39 Å². The van der Waals surface area contributed by atoms with Crippen LogP contribution in [0.15, 0.2) is 48.5 Å². The van der Waals surface area contributed by atoms with Crippen molar-refractivity contribution in [2.24, 2.45) is 0 Å². The minimum absolute atomic E-state index is 0.0402. The third-order valence-electron chi connectivity index (χ3n) is 3.71. The van der Waals surface area contributed by atoms with Gasteiger partial charge in [0, 0.05) is 13.6 Å². The number of ether oxygens (including phenoxy) is 2. The van der Waals surface area contributed by atoms with Crippen LogP contribution in [-0.2, 0) is 27.3 Å². The van der Waals surface area contributed by atoms with Crippen molar-refractivity contribution in [3.8, 4) is 5.75 Å². The fourth-order valence-corrected chi connectivity index (χ4v) is 2.47. The molecule has 1 amide bonds. The van der Waals surface area contributed by atoms with E-state index in [1.54, 1.807) is 37.4 Å². The van der Waals surface area contributed by atoms with Crippen molar-refractivity contribution in [1.29, 1.82) is 0 Å². The van der Waals surface area contributed by atoms with E-state index in [-0.39, 0.29) is 37.4 Å². The molecule has 0 spiro atoms. The van der Waals surface area contributed by atoms with Crippen LogP contribution in [0.5, 0.6) is 5.75 Å². The van der Waals surface area contributed by atoms with E-state index >= 15 is 0 Å². The minimum Gasteiger partial charge on any atom is -0.491 e. The van der Waals surface area contributed by atoms with Gasteiger partial charge in [0.05, 0.1) is 12.5 Å². The molecule has 2 rings (SSSR count). The average molecular weight is 373 g/mol. The molecule has 0 aromatic heterocycles. The van der Waals surface area contributed by atoms with Gasteiger partial charge in [-0.1, -0.05) is 24.3 Å². The summed E-state index contributed by atoms with van der Waals surface area (Å²) in [6.07, 6.45) is 0.0920. The highest BCUT2D eigenvalue weighted by molar-refractivity contribution is 5.81. The standard InChI is InChI=1S/C21H24FNO4/c1-15(2)27-19-9-5-6-16(11-19)12-21(25)26-14-20(24)23(3)13-17-7-4-8-18(22)10-17/h4-11,15H,12-14H2,1-3H3. The number of nitrogens with zero attached hydrogens (tertiary/aromatic N) is 1. The summed E-state index contributed by atoms with van der Waals surface area (Å²) in [5, 5.41) is 0. The topological polar surface area (TPSA) is 55.8 Å². The predicted molar refractivity (Wildman–Crippen MR) is 99.7 cm³/mol. The number of hydrogen-bond donors (Lipinski definition) is 0. The molecule has 2 aromatic carbocycles. The van der Waals surface area contributed by atoms with E-state index in [0.29, 0.717) is 11.3 Å². The van der Waals surface area contributed by atoms with Crippen LogP contribution in [-0.4, -0.2) is 36.5 Å². The number of esters is 1. The Hall–Kier alpha value is -2.89. The molecule has 0 fully saturated rings. The molecule has 0 N–H and O–H groups in total. The number of halogens is 1. The highest BCUT2D eigenvalue weighted by Crippen LogP contribution is 2.15. The van der Waals surface area contributed by atoms with Crippen molar-refractivity contribution in [3.63, 3.8) is 0 Å². The van der Waals surface area contributed by atoms with Crippen molar-refractivity contribution in [2.75, 3.05) is 13.7 Å². The first kappa shape index (κ1) is 20.4. The second kappa shape index (κ2) is 9.71. The van der Waals surface area contributed by atoms with E-state index in [4.69, 9.17) is 9.47 Å². The molecular formula is C21H24FNO4. The van der Waals surface area contributed by atoms with Crippen molar-refractivity contribution >= 4 is 11.9 Å². The minimum atomic E-state index is -0.496. The Kier molecular flexibility index (Phi) is 7.34. The lowest BCUT2D eigenvalue weighted by Crippen LogP contribution is -2.31. The Morgan fingerprint density at radius 1 is 1.07 bits per heavy atom. The smallest absolute Gasteiger partial charge is 0.310 e. The van der Waals surface area contributed by atoms with Gasteiger partial charge in [0.1, 0.15) is 11.6 Å². The number of rotatable bonds is 8. The van der Waals surface area contributed by atoms with Crippen LogP contribution in [0.4, 0.5) is 4.39 Å². The fourth-order valence-electron chi connectivity index (χ4n) is 2.47. The number of carbonyl (C=O) groups excluding carboxylic acids is 2. The summed E-state index contributed by atoms with van der Waals surface area (Å²) in [7, 11) is 1.58. The molecule has 0 saturated heterocycles. The summed E-state index contributed by atoms with van der Waals surface area (Å²) >= 11 is 0. The monoisotopic (exact) mass is 373 g/mol. The number of amides is 1. The Bertz CT molecular complexity index is 791. The summed E-state index contributed by atoms with van der Waals surface area (Å²) in [6.45, 7) is 3.73. The van der Waals surface area contributed by atoms with Crippen LogP contribution in [0, 0.1) is 5.82 Å². The lowest BCUT2D eigenvalue weighted by molar-refractivity contribution is -0.151. The summed E-state index contributed by atoms with van der Waals surface area (Å²) in [6, 6.07) is 13.2. The normalized spacial score (nSPS) is 10.6. The van der Waals surface area contributed by atoms with E-state index in [1.165, 1.54) is 17.0 Å². The van der Waals surface area contributed by atoms with Crippen molar-refractivity contribution in [2.45, 2.75) is 32.9 Å². The third kappa shape index (κ3) is 7.09. The fraction of sp³-hybridized carbons (Fsp3) is 0.333. The second-order valence-electron chi connectivity index (χ2n) is 6.53. The molecule has 0 saturated carbocycles. The lowest BCUT2D eigenvalue weighted by Gasteiger charge is -2.17. The summed E-state index contributed by atoms with van der Waals surface area (Å²) < 4.78 is 23.9. The number of hydrogen-bond acceptors (Lipinski definition) is 4. The van der Waals surface area contributed by atoms with Crippen LogP contribution >= 0.6 is 0 Å². The summed E-state index contributed by atoms with van der Waals surface area (Å²) in [4.78, 5) is 25.5. The van der Waals surface area contributed by atoms with Crippen molar-refractivity contribution in [3.05, 3.63) is 65.5 Å². The molecule has 6 heteroatoms. The highest BCUT2D eigenvalue weighted by atomic mass is 19.1. The van der Waals surface area contributed by atoms with E-state index in [1.807, 2.05) is 19.9 Å². The largest absolute Gasteiger partial charge is 0.491 e. The maximum atomic E-state index is 13.2. The van der Waals surface area contributed by atoms with Gasteiger partial charge in [-0.3, -0.25) is 9.59 Å².